The summed E-state index contributed by atoms with van der Waals surface area (Å²) in [7, 11) is -1.33. The monoisotopic (exact) mass is 335 g/mol. The Kier molecular flexibility index (Phi) is 4.28. The van der Waals surface area contributed by atoms with E-state index >= 15 is 0 Å². The fraction of sp³-hybridized carbons (Fsp3) is 0.357. The maximum Gasteiger partial charge on any atom is 0.249 e. The van der Waals surface area contributed by atoms with Crippen LogP contribution in [0.4, 0.5) is 17.5 Å². The number of nitrogens with zero attached hydrogens (tertiary/aromatic N) is 3. The number of anilines is 3. The minimum absolute atomic E-state index is 0.123. The Balaban J connectivity index is 1.67. The average molecular weight is 335 g/mol. The van der Waals surface area contributed by atoms with E-state index in [-0.39, 0.29) is 17.5 Å². The van der Waals surface area contributed by atoms with Crippen LogP contribution in [0.2, 0.25) is 0 Å². The first kappa shape index (κ1) is 15.5. The van der Waals surface area contributed by atoms with E-state index in [2.05, 4.69) is 25.8 Å². The Morgan fingerprint density at radius 1 is 1.26 bits per heavy atom. The number of ether oxygens (including phenoxy) is 1. The van der Waals surface area contributed by atoms with Crippen molar-refractivity contribution >= 4 is 27.3 Å². The van der Waals surface area contributed by atoms with Gasteiger partial charge in [-0.05, 0) is 30.7 Å². The normalized spacial score (nSPS) is 19.3. The molecule has 0 amide bonds. The molecule has 1 saturated heterocycles. The number of nitrogens with one attached hydrogen (secondary N) is 2. The van der Waals surface area contributed by atoms with Gasteiger partial charge in [0.2, 0.25) is 5.95 Å². The number of benzene rings is 1. The number of hydrogen-bond donors (Lipinski definition) is 2. The van der Waals surface area contributed by atoms with Gasteiger partial charge in [0.15, 0.2) is 15.7 Å². The smallest absolute Gasteiger partial charge is 0.249 e. The highest BCUT2D eigenvalue weighted by Gasteiger charge is 2.28. The zero-order chi connectivity index (χ0) is 16.3. The molecule has 2 aromatic rings. The molecule has 1 unspecified atom stereocenters. The van der Waals surface area contributed by atoms with Crippen LogP contribution in [0.25, 0.3) is 0 Å². The predicted molar refractivity (Wildman–Crippen MR) is 86.8 cm³/mol. The molecule has 1 aliphatic rings. The molecule has 0 bridgehead atoms. The van der Waals surface area contributed by atoms with Crippen molar-refractivity contribution in [3.05, 3.63) is 30.5 Å². The second-order valence-corrected chi connectivity index (χ2v) is 7.49. The maximum atomic E-state index is 11.5. The van der Waals surface area contributed by atoms with E-state index in [1.54, 1.807) is 7.11 Å². The molecule has 2 N–H and O–H groups in total. The van der Waals surface area contributed by atoms with E-state index in [9.17, 15) is 8.42 Å². The summed E-state index contributed by atoms with van der Waals surface area (Å²) in [5, 5.41) is 13.9. The molecule has 0 aliphatic carbocycles. The molecule has 1 aliphatic heterocycles. The summed E-state index contributed by atoms with van der Waals surface area (Å²) in [6.45, 7) is 0. The first-order valence-electron chi connectivity index (χ1n) is 7.12. The van der Waals surface area contributed by atoms with E-state index in [1.165, 1.54) is 6.20 Å². The van der Waals surface area contributed by atoms with Crippen molar-refractivity contribution in [2.75, 3.05) is 29.2 Å². The number of aromatic nitrogens is 3. The molecule has 1 aromatic heterocycles. The first-order chi connectivity index (χ1) is 11.0. The number of hydrogen-bond acceptors (Lipinski definition) is 8. The van der Waals surface area contributed by atoms with Gasteiger partial charge < -0.3 is 15.4 Å². The standard InChI is InChI=1S/C14H17N5O3S/c1-22-12-4-2-10(3-5-12)17-14-18-13(8-15-19-14)16-11-6-7-23(20,21)9-11/h2-5,8,11H,6-7,9H2,1H3,(H2,16,17,18,19). The van der Waals surface area contributed by atoms with Gasteiger partial charge in [0, 0.05) is 11.7 Å². The maximum absolute atomic E-state index is 11.5. The van der Waals surface area contributed by atoms with E-state index < -0.39 is 9.84 Å². The molecule has 122 valence electrons. The lowest BCUT2D eigenvalue weighted by atomic mass is 10.3. The van der Waals surface area contributed by atoms with Crippen molar-refractivity contribution in [1.82, 2.24) is 15.2 Å². The van der Waals surface area contributed by atoms with Crippen LogP contribution in [-0.4, -0.2) is 48.3 Å². The van der Waals surface area contributed by atoms with Gasteiger partial charge in [-0.1, -0.05) is 0 Å². The Morgan fingerprint density at radius 2 is 2.04 bits per heavy atom. The molecular weight excluding hydrogens is 318 g/mol. The lowest BCUT2D eigenvalue weighted by Gasteiger charge is -2.12. The highest BCUT2D eigenvalue weighted by molar-refractivity contribution is 7.91. The van der Waals surface area contributed by atoms with Gasteiger partial charge >= 0.3 is 0 Å². The fourth-order valence-corrected chi connectivity index (χ4v) is 4.02. The van der Waals surface area contributed by atoms with Crippen LogP contribution in [0.3, 0.4) is 0 Å². The van der Waals surface area contributed by atoms with Gasteiger partial charge in [-0.25, -0.2) is 8.42 Å². The van der Waals surface area contributed by atoms with Crippen molar-refractivity contribution in [1.29, 1.82) is 0 Å². The van der Waals surface area contributed by atoms with Crippen LogP contribution in [0, 0.1) is 0 Å². The molecule has 23 heavy (non-hydrogen) atoms. The van der Waals surface area contributed by atoms with E-state index in [0.29, 0.717) is 18.2 Å². The molecule has 3 rings (SSSR count). The average Bonchev–Trinajstić information content (AvgIpc) is 2.87. The third-order valence-electron chi connectivity index (χ3n) is 3.49. The van der Waals surface area contributed by atoms with E-state index in [1.807, 2.05) is 24.3 Å². The van der Waals surface area contributed by atoms with Crippen LogP contribution >= 0.6 is 0 Å². The number of rotatable bonds is 5. The molecule has 1 fully saturated rings. The minimum Gasteiger partial charge on any atom is -0.497 e. The molecule has 0 saturated carbocycles. The fourth-order valence-electron chi connectivity index (χ4n) is 2.35. The van der Waals surface area contributed by atoms with Crippen LogP contribution in [0.1, 0.15) is 6.42 Å². The Hall–Kier alpha value is -2.42. The molecule has 2 heterocycles. The van der Waals surface area contributed by atoms with Gasteiger partial charge in [-0.3, -0.25) is 0 Å². The molecule has 8 nitrogen and oxygen atoms in total. The Labute approximate surface area is 134 Å². The Morgan fingerprint density at radius 3 is 2.70 bits per heavy atom. The lowest BCUT2D eigenvalue weighted by molar-refractivity contribution is 0.415. The summed E-state index contributed by atoms with van der Waals surface area (Å²) in [4.78, 5) is 4.30. The quantitative estimate of drug-likeness (QED) is 0.840. The van der Waals surface area contributed by atoms with Crippen molar-refractivity contribution < 1.29 is 13.2 Å². The zero-order valence-corrected chi connectivity index (χ0v) is 13.4. The number of methoxy groups -OCH3 is 1. The van der Waals surface area contributed by atoms with Crippen LogP contribution in [-0.2, 0) is 9.84 Å². The van der Waals surface area contributed by atoms with Gasteiger partial charge in [0.05, 0.1) is 24.8 Å². The summed E-state index contributed by atoms with van der Waals surface area (Å²) < 4.78 is 28.1. The summed E-state index contributed by atoms with van der Waals surface area (Å²) in [5.74, 6) is 1.92. The minimum atomic E-state index is -2.93. The highest BCUT2D eigenvalue weighted by atomic mass is 32.2. The van der Waals surface area contributed by atoms with Crippen molar-refractivity contribution in [3.8, 4) is 5.75 Å². The lowest BCUT2D eigenvalue weighted by Crippen LogP contribution is -2.21. The summed E-state index contributed by atoms with van der Waals surface area (Å²) in [6.07, 6.45) is 2.05. The van der Waals surface area contributed by atoms with Crippen molar-refractivity contribution in [2.45, 2.75) is 12.5 Å². The molecule has 9 heteroatoms. The topological polar surface area (TPSA) is 106 Å². The highest BCUT2D eigenvalue weighted by Crippen LogP contribution is 2.19. The molecule has 0 radical (unpaired) electrons. The van der Waals surface area contributed by atoms with Crippen molar-refractivity contribution in [2.24, 2.45) is 0 Å². The third-order valence-corrected chi connectivity index (χ3v) is 5.26. The number of sulfone groups is 1. The van der Waals surface area contributed by atoms with Gasteiger partial charge in [-0.15, -0.1) is 5.10 Å². The molecule has 0 spiro atoms. The Bertz CT molecular complexity index is 779. The molecule has 1 atom stereocenters. The van der Waals surface area contributed by atoms with E-state index in [4.69, 9.17) is 4.74 Å². The van der Waals surface area contributed by atoms with E-state index in [0.717, 1.165) is 11.4 Å². The molecular formula is C14H17N5O3S. The van der Waals surface area contributed by atoms with Crippen LogP contribution in [0.5, 0.6) is 5.75 Å². The van der Waals surface area contributed by atoms with Crippen molar-refractivity contribution in [3.63, 3.8) is 0 Å². The zero-order valence-electron chi connectivity index (χ0n) is 12.6. The second kappa shape index (κ2) is 6.37. The summed E-state index contributed by atoms with van der Waals surface area (Å²) >= 11 is 0. The summed E-state index contributed by atoms with van der Waals surface area (Å²) in [6, 6.07) is 7.19. The SMILES string of the molecule is COc1ccc(Nc2nncc(NC3CCS(=O)(=O)C3)n2)cc1. The van der Waals surface area contributed by atoms with Gasteiger partial charge in [0.25, 0.3) is 0 Å². The molecule has 1 aromatic carbocycles. The van der Waals surface area contributed by atoms with Gasteiger partial charge in [-0.2, -0.15) is 10.1 Å². The second-order valence-electron chi connectivity index (χ2n) is 5.26. The van der Waals surface area contributed by atoms with Crippen LogP contribution < -0.4 is 15.4 Å². The largest absolute Gasteiger partial charge is 0.497 e. The summed E-state index contributed by atoms with van der Waals surface area (Å²) in [5.41, 5.74) is 0.799. The first-order valence-corrected chi connectivity index (χ1v) is 8.94. The van der Waals surface area contributed by atoms with Crippen LogP contribution in [0.15, 0.2) is 30.5 Å². The third kappa shape index (κ3) is 4.07. The van der Waals surface area contributed by atoms with Gasteiger partial charge in [0.1, 0.15) is 5.75 Å². The predicted octanol–water partition coefficient (Wildman–Crippen LogP) is 1.22.